The second-order valence-corrected chi connectivity index (χ2v) is 5.39. The number of benzene rings is 2. The third kappa shape index (κ3) is 2.83. The molecule has 2 aromatic rings. The van der Waals surface area contributed by atoms with E-state index >= 15 is 0 Å². The number of hydrogen-bond donors (Lipinski definition) is 2. The maximum absolute atomic E-state index is 11.0. The van der Waals surface area contributed by atoms with Gasteiger partial charge in [-0.1, -0.05) is 18.2 Å². The van der Waals surface area contributed by atoms with Crippen LogP contribution in [0.3, 0.4) is 0 Å². The number of para-hydroxylation sites is 1. The zero-order valence-electron chi connectivity index (χ0n) is 12.3. The van der Waals surface area contributed by atoms with E-state index in [4.69, 9.17) is 10.8 Å². The predicted octanol–water partition coefficient (Wildman–Crippen LogP) is 2.29. The van der Waals surface area contributed by atoms with Gasteiger partial charge in [-0.05, 0) is 30.3 Å². The Bertz CT molecular complexity index is 665. The fraction of sp³-hybridized carbons (Fsp3) is 0.235. The molecule has 1 aliphatic rings. The number of nitrogens with two attached hydrogens (primary N) is 1. The van der Waals surface area contributed by atoms with Gasteiger partial charge in [-0.25, -0.2) is 4.79 Å². The molecule has 22 heavy (non-hydrogen) atoms. The van der Waals surface area contributed by atoms with E-state index in [0.29, 0.717) is 5.69 Å². The zero-order chi connectivity index (χ0) is 15.5. The molecule has 3 N–H and O–H groups in total. The van der Waals surface area contributed by atoms with E-state index in [-0.39, 0.29) is 5.56 Å². The van der Waals surface area contributed by atoms with E-state index < -0.39 is 5.97 Å². The topological polar surface area (TPSA) is 69.8 Å². The minimum Gasteiger partial charge on any atom is -0.478 e. The Kier molecular flexibility index (Phi) is 3.87. The number of hydrogen-bond acceptors (Lipinski definition) is 4. The number of carboxylic acid groups (broad SMARTS) is 1. The van der Waals surface area contributed by atoms with Crippen molar-refractivity contribution in [1.29, 1.82) is 0 Å². The largest absolute Gasteiger partial charge is 0.478 e. The summed E-state index contributed by atoms with van der Waals surface area (Å²) in [6.07, 6.45) is 0. The molecular weight excluding hydrogens is 278 g/mol. The van der Waals surface area contributed by atoms with Crippen molar-refractivity contribution in [3.05, 3.63) is 54.1 Å². The number of anilines is 3. The van der Waals surface area contributed by atoms with Crippen LogP contribution in [0.4, 0.5) is 17.1 Å². The SMILES string of the molecule is Nc1cc(C(=O)O)ccc1N1CCN(c2ccccc2)CC1. The maximum Gasteiger partial charge on any atom is 0.335 e. The van der Waals surface area contributed by atoms with Crippen LogP contribution in [0.15, 0.2) is 48.5 Å². The van der Waals surface area contributed by atoms with Crippen LogP contribution in [0.2, 0.25) is 0 Å². The molecule has 1 heterocycles. The van der Waals surface area contributed by atoms with Crippen molar-refractivity contribution in [2.24, 2.45) is 0 Å². The average molecular weight is 297 g/mol. The summed E-state index contributed by atoms with van der Waals surface area (Å²) in [6, 6.07) is 15.3. The lowest BCUT2D eigenvalue weighted by Crippen LogP contribution is -2.46. The molecule has 114 valence electrons. The smallest absolute Gasteiger partial charge is 0.335 e. The first-order chi connectivity index (χ1) is 10.6. The Morgan fingerprint density at radius 3 is 2.18 bits per heavy atom. The third-order valence-corrected chi connectivity index (χ3v) is 4.02. The van der Waals surface area contributed by atoms with Crippen LogP contribution in [-0.2, 0) is 0 Å². The first-order valence-corrected chi connectivity index (χ1v) is 7.33. The molecule has 0 atom stereocenters. The predicted molar refractivity (Wildman–Crippen MR) is 88.7 cm³/mol. The fourth-order valence-corrected chi connectivity index (χ4v) is 2.82. The standard InChI is InChI=1S/C17H19N3O2/c18-15-12-13(17(21)22)6-7-16(15)20-10-8-19(9-11-20)14-4-2-1-3-5-14/h1-7,12H,8-11,18H2,(H,21,22). The van der Waals surface area contributed by atoms with Crippen molar-refractivity contribution in [3.63, 3.8) is 0 Å². The van der Waals surface area contributed by atoms with Gasteiger partial charge in [-0.15, -0.1) is 0 Å². The van der Waals surface area contributed by atoms with Gasteiger partial charge in [0.2, 0.25) is 0 Å². The summed E-state index contributed by atoms with van der Waals surface area (Å²) < 4.78 is 0. The highest BCUT2D eigenvalue weighted by Crippen LogP contribution is 2.26. The van der Waals surface area contributed by atoms with Crippen molar-refractivity contribution >= 4 is 23.0 Å². The van der Waals surface area contributed by atoms with Gasteiger partial charge < -0.3 is 20.6 Å². The van der Waals surface area contributed by atoms with Crippen LogP contribution in [0.1, 0.15) is 10.4 Å². The van der Waals surface area contributed by atoms with Gasteiger partial charge in [-0.2, -0.15) is 0 Å². The third-order valence-electron chi connectivity index (χ3n) is 4.02. The van der Waals surface area contributed by atoms with E-state index in [1.54, 1.807) is 12.1 Å². The quantitative estimate of drug-likeness (QED) is 0.851. The van der Waals surface area contributed by atoms with E-state index in [1.165, 1.54) is 11.8 Å². The molecule has 0 aliphatic carbocycles. The second-order valence-electron chi connectivity index (χ2n) is 5.39. The van der Waals surface area contributed by atoms with Crippen LogP contribution in [0.5, 0.6) is 0 Å². The highest BCUT2D eigenvalue weighted by Gasteiger charge is 2.19. The summed E-state index contributed by atoms with van der Waals surface area (Å²) in [6.45, 7) is 3.57. The van der Waals surface area contributed by atoms with Crippen LogP contribution >= 0.6 is 0 Å². The van der Waals surface area contributed by atoms with Crippen LogP contribution in [0, 0.1) is 0 Å². The molecule has 2 aromatic carbocycles. The molecule has 1 aliphatic heterocycles. The first-order valence-electron chi connectivity index (χ1n) is 7.33. The van der Waals surface area contributed by atoms with Gasteiger partial charge in [0.15, 0.2) is 0 Å². The van der Waals surface area contributed by atoms with Crippen LogP contribution < -0.4 is 15.5 Å². The Morgan fingerprint density at radius 1 is 0.955 bits per heavy atom. The van der Waals surface area contributed by atoms with E-state index in [2.05, 4.69) is 21.9 Å². The van der Waals surface area contributed by atoms with Gasteiger partial charge in [0.25, 0.3) is 0 Å². The minimum atomic E-state index is -0.952. The Balaban J connectivity index is 1.70. The minimum absolute atomic E-state index is 0.226. The van der Waals surface area contributed by atoms with Crippen molar-refractivity contribution in [1.82, 2.24) is 0 Å². The molecule has 3 rings (SSSR count). The molecule has 5 nitrogen and oxygen atoms in total. The molecule has 0 unspecified atom stereocenters. The first kappa shape index (κ1) is 14.3. The highest BCUT2D eigenvalue weighted by molar-refractivity contribution is 5.90. The van der Waals surface area contributed by atoms with Crippen molar-refractivity contribution in [2.75, 3.05) is 41.7 Å². The molecule has 5 heteroatoms. The number of aromatic carboxylic acids is 1. The highest BCUT2D eigenvalue weighted by atomic mass is 16.4. The van der Waals surface area contributed by atoms with Crippen molar-refractivity contribution in [3.8, 4) is 0 Å². The number of carbonyl (C=O) groups is 1. The number of nitrogen functional groups attached to an aromatic ring is 1. The van der Waals surface area contributed by atoms with E-state index in [1.807, 2.05) is 18.2 Å². The van der Waals surface area contributed by atoms with Gasteiger partial charge >= 0.3 is 5.97 Å². The van der Waals surface area contributed by atoms with Crippen molar-refractivity contribution < 1.29 is 9.90 Å². The number of rotatable bonds is 3. The molecular formula is C17H19N3O2. The lowest BCUT2D eigenvalue weighted by molar-refractivity contribution is 0.0697. The van der Waals surface area contributed by atoms with Crippen LogP contribution in [0.25, 0.3) is 0 Å². The summed E-state index contributed by atoms with van der Waals surface area (Å²) >= 11 is 0. The second kappa shape index (κ2) is 5.97. The molecule has 0 spiro atoms. The Hall–Kier alpha value is -2.69. The van der Waals surface area contributed by atoms with Crippen molar-refractivity contribution in [2.45, 2.75) is 0 Å². The lowest BCUT2D eigenvalue weighted by Gasteiger charge is -2.37. The molecule has 0 bridgehead atoms. The van der Waals surface area contributed by atoms with Crippen LogP contribution in [-0.4, -0.2) is 37.3 Å². The van der Waals surface area contributed by atoms with E-state index in [0.717, 1.165) is 31.9 Å². The Morgan fingerprint density at radius 2 is 1.59 bits per heavy atom. The average Bonchev–Trinajstić information content (AvgIpc) is 2.56. The van der Waals surface area contributed by atoms with E-state index in [9.17, 15) is 4.79 Å². The van der Waals surface area contributed by atoms with Gasteiger partial charge in [0.05, 0.1) is 16.9 Å². The summed E-state index contributed by atoms with van der Waals surface area (Å²) in [7, 11) is 0. The summed E-state index contributed by atoms with van der Waals surface area (Å²) in [5, 5.41) is 9.00. The number of nitrogens with zero attached hydrogens (tertiary/aromatic N) is 2. The molecule has 0 aromatic heterocycles. The zero-order valence-corrected chi connectivity index (χ0v) is 12.3. The molecule has 1 saturated heterocycles. The number of piperazine rings is 1. The monoisotopic (exact) mass is 297 g/mol. The summed E-state index contributed by atoms with van der Waals surface area (Å²) in [5.74, 6) is -0.952. The van der Waals surface area contributed by atoms with Gasteiger partial charge in [0, 0.05) is 31.9 Å². The lowest BCUT2D eigenvalue weighted by atomic mass is 10.1. The molecule has 0 radical (unpaired) electrons. The Labute approximate surface area is 129 Å². The molecule has 1 fully saturated rings. The van der Waals surface area contributed by atoms with Gasteiger partial charge in [0.1, 0.15) is 0 Å². The fourth-order valence-electron chi connectivity index (χ4n) is 2.82. The number of carboxylic acids is 1. The maximum atomic E-state index is 11.0. The summed E-state index contributed by atoms with van der Waals surface area (Å²) in [4.78, 5) is 15.5. The molecule has 0 amide bonds. The summed E-state index contributed by atoms with van der Waals surface area (Å²) in [5.41, 5.74) is 8.91. The molecule has 0 saturated carbocycles. The normalized spacial score (nSPS) is 14.9. The van der Waals surface area contributed by atoms with Gasteiger partial charge in [-0.3, -0.25) is 0 Å².